The Bertz CT molecular complexity index is 358. The van der Waals surface area contributed by atoms with Gasteiger partial charge in [-0.2, -0.15) is 0 Å². The fourth-order valence-electron chi connectivity index (χ4n) is 1.21. The molecule has 0 aliphatic rings. The van der Waals surface area contributed by atoms with Crippen LogP contribution in [0.3, 0.4) is 0 Å². The van der Waals surface area contributed by atoms with Gasteiger partial charge < -0.3 is 9.64 Å². The maximum absolute atomic E-state index is 11.9. The highest BCUT2D eigenvalue weighted by atomic mass is 35.5. The summed E-state index contributed by atoms with van der Waals surface area (Å²) in [4.78, 5) is 14.0. The van der Waals surface area contributed by atoms with E-state index < -0.39 is 0 Å². The Labute approximate surface area is 104 Å². The molecule has 0 N–H and O–H groups in total. The second kappa shape index (κ2) is 6.12. The summed E-state index contributed by atoms with van der Waals surface area (Å²) >= 11 is 7.07. The van der Waals surface area contributed by atoms with E-state index in [1.165, 1.54) is 0 Å². The zero-order valence-electron chi connectivity index (χ0n) is 9.44. The summed E-state index contributed by atoms with van der Waals surface area (Å²) in [5.74, 6) is -0.103. The lowest BCUT2D eigenvalue weighted by Gasteiger charge is -2.19. The van der Waals surface area contributed by atoms with Crippen molar-refractivity contribution >= 4 is 29.0 Å². The SMILES string of the molecule is COCC(Cl)CN(C)C(=O)c1snnc1C. The van der Waals surface area contributed by atoms with E-state index in [0.29, 0.717) is 23.7 Å². The number of rotatable bonds is 5. The average Bonchev–Trinajstić information content (AvgIpc) is 2.63. The Morgan fingerprint density at radius 1 is 1.69 bits per heavy atom. The summed E-state index contributed by atoms with van der Waals surface area (Å²) in [5, 5.41) is 3.59. The molecule has 0 saturated heterocycles. The van der Waals surface area contributed by atoms with Crippen molar-refractivity contribution in [2.75, 3.05) is 27.3 Å². The summed E-state index contributed by atoms with van der Waals surface area (Å²) in [7, 11) is 3.28. The van der Waals surface area contributed by atoms with Crippen molar-refractivity contribution in [1.29, 1.82) is 0 Å². The minimum absolute atomic E-state index is 0.103. The first-order valence-corrected chi connectivity index (χ1v) is 5.94. The second-order valence-electron chi connectivity index (χ2n) is 3.43. The lowest BCUT2D eigenvalue weighted by molar-refractivity contribution is 0.0785. The van der Waals surface area contributed by atoms with Gasteiger partial charge in [0.05, 0.1) is 17.7 Å². The van der Waals surface area contributed by atoms with Crippen molar-refractivity contribution in [3.8, 4) is 0 Å². The minimum atomic E-state index is -0.208. The zero-order valence-corrected chi connectivity index (χ0v) is 11.0. The van der Waals surface area contributed by atoms with E-state index in [2.05, 4.69) is 9.59 Å². The van der Waals surface area contributed by atoms with E-state index in [4.69, 9.17) is 16.3 Å². The summed E-state index contributed by atoms with van der Waals surface area (Å²) in [6.45, 7) is 2.61. The standard InChI is InChI=1S/C9H14ClN3O2S/c1-6-8(16-12-11-6)9(14)13(2)4-7(10)5-15-3/h7H,4-5H2,1-3H3. The molecule has 90 valence electrons. The topological polar surface area (TPSA) is 55.3 Å². The van der Waals surface area contributed by atoms with Gasteiger partial charge >= 0.3 is 0 Å². The van der Waals surface area contributed by atoms with Crippen molar-refractivity contribution in [2.45, 2.75) is 12.3 Å². The van der Waals surface area contributed by atoms with E-state index in [1.807, 2.05) is 0 Å². The third-order valence-corrected chi connectivity index (χ3v) is 3.09. The summed E-state index contributed by atoms with van der Waals surface area (Å²) in [5.41, 5.74) is 0.653. The number of carbonyl (C=O) groups is 1. The van der Waals surface area contributed by atoms with Gasteiger partial charge in [-0.15, -0.1) is 16.7 Å². The highest BCUT2D eigenvalue weighted by molar-refractivity contribution is 7.07. The molecule has 0 radical (unpaired) electrons. The summed E-state index contributed by atoms with van der Waals surface area (Å²) in [6.07, 6.45) is 0. The lowest BCUT2D eigenvalue weighted by Crippen LogP contribution is -2.33. The number of methoxy groups -OCH3 is 1. The van der Waals surface area contributed by atoms with Crippen LogP contribution in [0.5, 0.6) is 0 Å². The number of aryl methyl sites for hydroxylation is 1. The molecule has 0 aromatic carbocycles. The highest BCUT2D eigenvalue weighted by Crippen LogP contribution is 2.12. The Balaban J connectivity index is 2.58. The zero-order chi connectivity index (χ0) is 12.1. The number of hydrogen-bond acceptors (Lipinski definition) is 5. The second-order valence-corrected chi connectivity index (χ2v) is 4.80. The van der Waals surface area contributed by atoms with Crippen LogP contribution >= 0.6 is 23.1 Å². The van der Waals surface area contributed by atoms with Gasteiger partial charge in [0.1, 0.15) is 4.88 Å². The number of hydrogen-bond donors (Lipinski definition) is 0. The number of aromatic nitrogens is 2. The molecule has 16 heavy (non-hydrogen) atoms. The number of halogens is 1. The summed E-state index contributed by atoms with van der Waals surface area (Å²) < 4.78 is 8.63. The Kier molecular flexibility index (Phi) is 5.11. The number of carbonyl (C=O) groups excluding carboxylic acids is 1. The van der Waals surface area contributed by atoms with E-state index in [9.17, 15) is 4.79 Å². The van der Waals surface area contributed by atoms with Crippen molar-refractivity contribution in [3.05, 3.63) is 10.6 Å². The van der Waals surface area contributed by atoms with Gasteiger partial charge in [-0.1, -0.05) is 4.49 Å². The van der Waals surface area contributed by atoms with Gasteiger partial charge in [-0.05, 0) is 18.5 Å². The highest BCUT2D eigenvalue weighted by Gasteiger charge is 2.19. The van der Waals surface area contributed by atoms with Crippen LogP contribution in [0.1, 0.15) is 15.4 Å². The fraction of sp³-hybridized carbons (Fsp3) is 0.667. The Morgan fingerprint density at radius 3 is 2.88 bits per heavy atom. The molecule has 5 nitrogen and oxygen atoms in total. The van der Waals surface area contributed by atoms with Crippen molar-refractivity contribution < 1.29 is 9.53 Å². The van der Waals surface area contributed by atoms with Crippen LogP contribution in [0.25, 0.3) is 0 Å². The quantitative estimate of drug-likeness (QED) is 0.749. The first-order valence-electron chi connectivity index (χ1n) is 4.73. The molecule has 0 fully saturated rings. The van der Waals surface area contributed by atoms with E-state index in [1.54, 1.807) is 26.0 Å². The molecule has 0 aliphatic heterocycles. The van der Waals surface area contributed by atoms with Crippen LogP contribution in [-0.4, -0.2) is 53.1 Å². The molecule has 1 unspecified atom stereocenters. The monoisotopic (exact) mass is 263 g/mol. The predicted molar refractivity (Wildman–Crippen MR) is 63.1 cm³/mol. The van der Waals surface area contributed by atoms with Crippen LogP contribution in [0.2, 0.25) is 0 Å². The first-order chi connectivity index (χ1) is 7.56. The maximum Gasteiger partial charge on any atom is 0.267 e. The fourth-order valence-corrected chi connectivity index (χ4v) is 2.20. The first kappa shape index (κ1) is 13.3. The van der Waals surface area contributed by atoms with Crippen LogP contribution < -0.4 is 0 Å². The molecule has 1 rings (SSSR count). The largest absolute Gasteiger partial charge is 0.383 e. The van der Waals surface area contributed by atoms with Crippen molar-refractivity contribution in [3.63, 3.8) is 0 Å². The Hall–Kier alpha value is -0.720. The Morgan fingerprint density at radius 2 is 2.38 bits per heavy atom. The van der Waals surface area contributed by atoms with Gasteiger partial charge in [-0.25, -0.2) is 0 Å². The molecule has 1 heterocycles. The molecule has 1 atom stereocenters. The molecule has 0 saturated carbocycles. The van der Waals surface area contributed by atoms with E-state index >= 15 is 0 Å². The molecular weight excluding hydrogens is 250 g/mol. The average molecular weight is 264 g/mol. The van der Waals surface area contributed by atoms with Crippen LogP contribution in [0.15, 0.2) is 0 Å². The molecule has 1 aromatic rings. The van der Waals surface area contributed by atoms with Crippen molar-refractivity contribution in [2.24, 2.45) is 0 Å². The normalized spacial score (nSPS) is 12.5. The van der Waals surface area contributed by atoms with E-state index in [0.717, 1.165) is 11.5 Å². The van der Waals surface area contributed by atoms with Gasteiger partial charge in [0, 0.05) is 20.7 Å². The molecule has 1 amide bonds. The van der Waals surface area contributed by atoms with Gasteiger partial charge in [0.2, 0.25) is 0 Å². The van der Waals surface area contributed by atoms with Crippen LogP contribution in [0, 0.1) is 6.92 Å². The van der Waals surface area contributed by atoms with Gasteiger partial charge in [0.25, 0.3) is 5.91 Å². The number of nitrogens with zero attached hydrogens (tertiary/aromatic N) is 3. The third-order valence-electron chi connectivity index (χ3n) is 2.01. The van der Waals surface area contributed by atoms with Gasteiger partial charge in [0.15, 0.2) is 0 Å². The van der Waals surface area contributed by atoms with Crippen LogP contribution in [0.4, 0.5) is 0 Å². The predicted octanol–water partition coefficient (Wildman–Crippen LogP) is 1.17. The molecular formula is C9H14ClN3O2S. The third kappa shape index (κ3) is 3.40. The molecule has 7 heteroatoms. The number of alkyl halides is 1. The van der Waals surface area contributed by atoms with E-state index in [-0.39, 0.29) is 11.3 Å². The molecule has 0 spiro atoms. The minimum Gasteiger partial charge on any atom is -0.383 e. The number of amides is 1. The molecule has 0 bridgehead atoms. The smallest absolute Gasteiger partial charge is 0.267 e. The van der Waals surface area contributed by atoms with Gasteiger partial charge in [-0.3, -0.25) is 4.79 Å². The maximum atomic E-state index is 11.9. The number of ether oxygens (including phenoxy) is 1. The summed E-state index contributed by atoms with van der Waals surface area (Å²) in [6, 6.07) is 0. The van der Waals surface area contributed by atoms with Crippen LogP contribution in [-0.2, 0) is 4.74 Å². The lowest BCUT2D eigenvalue weighted by atomic mass is 10.3. The molecule has 0 aliphatic carbocycles. The van der Waals surface area contributed by atoms with Crippen molar-refractivity contribution in [1.82, 2.24) is 14.5 Å². The molecule has 1 aromatic heterocycles.